The van der Waals surface area contributed by atoms with E-state index in [0.717, 1.165) is 5.56 Å². The van der Waals surface area contributed by atoms with Gasteiger partial charge in [0.05, 0.1) is 0 Å². The minimum Gasteiger partial charge on any atom is -0.454 e. The Morgan fingerprint density at radius 3 is 2.88 bits per heavy atom. The summed E-state index contributed by atoms with van der Waals surface area (Å²) in [5, 5.41) is 2.14. The molecule has 132 valence electrons. The first-order valence-electron chi connectivity index (χ1n) is 7.96. The monoisotopic (exact) mass is 370 g/mol. The Bertz CT molecular complexity index is 973. The van der Waals surface area contributed by atoms with Gasteiger partial charge in [-0.15, -0.1) is 11.3 Å². The van der Waals surface area contributed by atoms with E-state index in [1.807, 2.05) is 18.2 Å². The van der Waals surface area contributed by atoms with Crippen molar-refractivity contribution in [2.75, 3.05) is 13.8 Å². The number of amides is 1. The number of halogens is 1. The van der Waals surface area contributed by atoms with Crippen molar-refractivity contribution in [3.05, 3.63) is 64.9 Å². The van der Waals surface area contributed by atoms with E-state index in [1.54, 1.807) is 35.5 Å². The number of rotatable bonds is 4. The Labute approximate surface area is 153 Å². The van der Waals surface area contributed by atoms with Crippen molar-refractivity contribution in [2.45, 2.75) is 6.54 Å². The summed E-state index contributed by atoms with van der Waals surface area (Å²) in [6.07, 6.45) is 0. The van der Waals surface area contributed by atoms with Gasteiger partial charge in [-0.25, -0.2) is 9.37 Å². The third-order valence-electron chi connectivity index (χ3n) is 4.03. The highest BCUT2D eigenvalue weighted by molar-refractivity contribution is 7.13. The molecule has 0 saturated carbocycles. The van der Waals surface area contributed by atoms with E-state index < -0.39 is 0 Å². The molecular formula is C19H15FN2O3S. The first-order chi connectivity index (χ1) is 12.6. The van der Waals surface area contributed by atoms with Gasteiger partial charge >= 0.3 is 0 Å². The van der Waals surface area contributed by atoms with Gasteiger partial charge in [0, 0.05) is 24.5 Å². The van der Waals surface area contributed by atoms with E-state index in [9.17, 15) is 9.18 Å². The first kappa shape index (κ1) is 16.5. The molecule has 7 heteroatoms. The fraction of sp³-hybridized carbons (Fsp3) is 0.158. The summed E-state index contributed by atoms with van der Waals surface area (Å²) in [5.41, 5.74) is 1.63. The third-order valence-corrected chi connectivity index (χ3v) is 4.91. The maximum atomic E-state index is 13.9. The van der Waals surface area contributed by atoms with Crippen molar-refractivity contribution < 1.29 is 18.7 Å². The second-order valence-corrected chi connectivity index (χ2v) is 6.72. The lowest BCUT2D eigenvalue weighted by Gasteiger charge is -2.16. The Kier molecular flexibility index (Phi) is 4.30. The lowest BCUT2D eigenvalue weighted by atomic mass is 10.2. The van der Waals surface area contributed by atoms with Crippen LogP contribution < -0.4 is 9.47 Å². The van der Waals surface area contributed by atoms with Crippen LogP contribution in [0.25, 0.3) is 10.6 Å². The average Bonchev–Trinajstić information content (AvgIpc) is 3.30. The molecule has 3 aromatic rings. The van der Waals surface area contributed by atoms with Gasteiger partial charge in [0.2, 0.25) is 6.79 Å². The SMILES string of the molecule is CN(Cc1ccc2c(c1)OCO2)C(=O)c1csc(-c2ccccc2F)n1. The number of ether oxygens (including phenoxy) is 2. The number of aromatic nitrogens is 1. The fourth-order valence-corrected chi connectivity index (χ4v) is 3.53. The van der Waals surface area contributed by atoms with Gasteiger partial charge < -0.3 is 14.4 Å². The van der Waals surface area contributed by atoms with Crippen LogP contribution in [0, 0.1) is 5.82 Å². The van der Waals surface area contributed by atoms with Crippen LogP contribution in [0.5, 0.6) is 11.5 Å². The summed E-state index contributed by atoms with van der Waals surface area (Å²) in [6.45, 7) is 0.618. The van der Waals surface area contributed by atoms with Gasteiger partial charge in [0.15, 0.2) is 11.5 Å². The van der Waals surface area contributed by atoms with E-state index >= 15 is 0 Å². The van der Waals surface area contributed by atoms with E-state index in [0.29, 0.717) is 34.3 Å². The van der Waals surface area contributed by atoms with Crippen molar-refractivity contribution in [1.29, 1.82) is 0 Å². The number of carbonyl (C=O) groups excluding carboxylic acids is 1. The average molecular weight is 370 g/mol. The van der Waals surface area contributed by atoms with Gasteiger partial charge in [0.25, 0.3) is 5.91 Å². The lowest BCUT2D eigenvalue weighted by Crippen LogP contribution is -2.26. The van der Waals surface area contributed by atoms with Gasteiger partial charge in [0.1, 0.15) is 16.5 Å². The van der Waals surface area contributed by atoms with Gasteiger partial charge in [-0.3, -0.25) is 4.79 Å². The Morgan fingerprint density at radius 1 is 1.23 bits per heavy atom. The second kappa shape index (κ2) is 6.76. The molecule has 0 fully saturated rings. The predicted molar refractivity (Wildman–Crippen MR) is 95.9 cm³/mol. The maximum absolute atomic E-state index is 13.9. The van der Waals surface area contributed by atoms with E-state index in [-0.39, 0.29) is 18.5 Å². The molecule has 1 aliphatic heterocycles. The van der Waals surface area contributed by atoms with Crippen molar-refractivity contribution in [3.8, 4) is 22.1 Å². The van der Waals surface area contributed by atoms with Gasteiger partial charge in [-0.1, -0.05) is 18.2 Å². The van der Waals surface area contributed by atoms with Crippen LogP contribution in [0.3, 0.4) is 0 Å². The molecule has 1 amide bonds. The number of carbonyl (C=O) groups is 1. The molecule has 0 atom stereocenters. The normalized spacial score (nSPS) is 12.2. The van der Waals surface area contributed by atoms with Crippen LogP contribution in [0.2, 0.25) is 0 Å². The minimum absolute atomic E-state index is 0.213. The molecule has 0 saturated heterocycles. The molecule has 1 aromatic heterocycles. The number of nitrogens with zero attached hydrogens (tertiary/aromatic N) is 2. The Balaban J connectivity index is 1.50. The van der Waals surface area contributed by atoms with E-state index in [4.69, 9.17) is 9.47 Å². The van der Waals surface area contributed by atoms with Crippen LogP contribution in [0.1, 0.15) is 16.1 Å². The Morgan fingerprint density at radius 2 is 2.04 bits per heavy atom. The van der Waals surface area contributed by atoms with Gasteiger partial charge in [-0.2, -0.15) is 0 Å². The number of hydrogen-bond donors (Lipinski definition) is 0. The lowest BCUT2D eigenvalue weighted by molar-refractivity contribution is 0.0780. The summed E-state index contributed by atoms with van der Waals surface area (Å²) in [7, 11) is 1.70. The zero-order chi connectivity index (χ0) is 18.1. The zero-order valence-corrected chi connectivity index (χ0v) is 14.8. The number of hydrogen-bond acceptors (Lipinski definition) is 5. The standard InChI is InChI=1S/C19H15FN2O3S/c1-22(9-12-6-7-16-17(8-12)25-11-24-16)19(23)15-10-26-18(21-15)13-4-2-3-5-14(13)20/h2-8,10H,9,11H2,1H3. The van der Waals surface area contributed by atoms with Crippen molar-refractivity contribution in [1.82, 2.24) is 9.88 Å². The summed E-state index contributed by atoms with van der Waals surface area (Å²) >= 11 is 1.25. The van der Waals surface area contributed by atoms with Crippen LogP contribution in [0.4, 0.5) is 4.39 Å². The van der Waals surface area contributed by atoms with Crippen LogP contribution in [0.15, 0.2) is 47.8 Å². The van der Waals surface area contributed by atoms with Crippen molar-refractivity contribution in [3.63, 3.8) is 0 Å². The van der Waals surface area contributed by atoms with Crippen LogP contribution >= 0.6 is 11.3 Å². The Hall–Kier alpha value is -2.93. The first-order valence-corrected chi connectivity index (χ1v) is 8.84. The number of fused-ring (bicyclic) bond motifs is 1. The predicted octanol–water partition coefficient (Wildman–Crippen LogP) is 3.95. The van der Waals surface area contributed by atoms with E-state index in [2.05, 4.69) is 4.98 Å². The summed E-state index contributed by atoms with van der Waals surface area (Å²) in [5.74, 6) is 0.812. The largest absolute Gasteiger partial charge is 0.454 e. The summed E-state index contributed by atoms with van der Waals surface area (Å²) in [6, 6.07) is 12.0. The molecule has 0 N–H and O–H groups in total. The molecule has 5 nitrogen and oxygen atoms in total. The second-order valence-electron chi connectivity index (χ2n) is 5.87. The highest BCUT2D eigenvalue weighted by Crippen LogP contribution is 2.33. The molecule has 0 spiro atoms. The molecule has 0 aliphatic carbocycles. The smallest absolute Gasteiger partial charge is 0.273 e. The number of benzene rings is 2. The zero-order valence-electron chi connectivity index (χ0n) is 13.9. The quantitative estimate of drug-likeness (QED) is 0.698. The summed E-state index contributed by atoms with van der Waals surface area (Å²) in [4.78, 5) is 18.5. The highest BCUT2D eigenvalue weighted by Gasteiger charge is 2.19. The van der Waals surface area contributed by atoms with Crippen LogP contribution in [-0.2, 0) is 6.54 Å². The van der Waals surface area contributed by atoms with E-state index in [1.165, 1.54) is 17.4 Å². The molecule has 4 rings (SSSR count). The van der Waals surface area contributed by atoms with Gasteiger partial charge in [-0.05, 0) is 29.8 Å². The fourth-order valence-electron chi connectivity index (χ4n) is 2.71. The molecule has 0 bridgehead atoms. The third kappa shape index (κ3) is 3.13. The molecule has 0 radical (unpaired) electrons. The minimum atomic E-state index is -0.352. The molecule has 26 heavy (non-hydrogen) atoms. The summed E-state index contributed by atoms with van der Waals surface area (Å²) < 4.78 is 24.5. The highest BCUT2D eigenvalue weighted by atomic mass is 32.1. The topological polar surface area (TPSA) is 51.7 Å². The van der Waals surface area contributed by atoms with Crippen molar-refractivity contribution >= 4 is 17.2 Å². The van der Waals surface area contributed by atoms with Crippen LogP contribution in [-0.4, -0.2) is 29.6 Å². The number of thiazole rings is 1. The van der Waals surface area contributed by atoms with Crippen molar-refractivity contribution in [2.24, 2.45) is 0 Å². The molecule has 2 aromatic carbocycles. The molecular weight excluding hydrogens is 355 g/mol. The molecule has 2 heterocycles. The maximum Gasteiger partial charge on any atom is 0.273 e. The molecule has 1 aliphatic rings. The molecule has 0 unspecified atom stereocenters.